The lowest BCUT2D eigenvalue weighted by molar-refractivity contribution is 0.101. The van der Waals surface area contributed by atoms with Crippen LogP contribution in [0.1, 0.15) is 23.7 Å². The molecule has 124 valence electrons. The number of piperazine rings is 1. The molecule has 0 spiro atoms. The zero-order chi connectivity index (χ0) is 16.5. The largest absolute Gasteiger partial charge is 0.491 e. The lowest BCUT2D eigenvalue weighted by Gasteiger charge is -2.36. The van der Waals surface area contributed by atoms with Crippen LogP contribution in [0.25, 0.3) is 11.1 Å². The fourth-order valence-corrected chi connectivity index (χ4v) is 3.58. The molecular weight excluding hydrogens is 300 g/mol. The van der Waals surface area contributed by atoms with Crippen molar-refractivity contribution in [2.75, 3.05) is 31.1 Å². The maximum atomic E-state index is 11.4. The molecule has 2 aromatic rings. The van der Waals surface area contributed by atoms with Gasteiger partial charge in [-0.25, -0.2) is 0 Å². The van der Waals surface area contributed by atoms with E-state index >= 15 is 0 Å². The topological polar surface area (TPSA) is 41.6 Å². The maximum Gasteiger partial charge on any atom is 0.159 e. The minimum absolute atomic E-state index is 0.0940. The summed E-state index contributed by atoms with van der Waals surface area (Å²) in [5.74, 6) is 1.06. The molecule has 4 rings (SSSR count). The second-order valence-electron chi connectivity index (χ2n) is 6.50. The van der Waals surface area contributed by atoms with Crippen LogP contribution in [0.2, 0.25) is 0 Å². The average Bonchev–Trinajstić information content (AvgIpc) is 2.80. The number of nitrogens with zero attached hydrogens (tertiary/aromatic N) is 1. The first-order valence-corrected chi connectivity index (χ1v) is 8.58. The second kappa shape index (κ2) is 6.29. The molecule has 2 heterocycles. The molecular formula is C20H22N2O2. The maximum absolute atomic E-state index is 11.4. The van der Waals surface area contributed by atoms with Crippen LogP contribution in [0.4, 0.5) is 5.69 Å². The number of hydrogen-bond acceptors (Lipinski definition) is 4. The highest BCUT2D eigenvalue weighted by molar-refractivity contribution is 5.94. The van der Waals surface area contributed by atoms with E-state index in [9.17, 15) is 4.79 Å². The number of rotatable bonds is 2. The molecule has 1 N–H and O–H groups in total. The van der Waals surface area contributed by atoms with Gasteiger partial charge >= 0.3 is 0 Å². The third-order valence-electron chi connectivity index (χ3n) is 4.95. The summed E-state index contributed by atoms with van der Waals surface area (Å²) in [6, 6.07) is 14.7. The quantitative estimate of drug-likeness (QED) is 0.863. The van der Waals surface area contributed by atoms with Crippen LogP contribution < -0.4 is 15.0 Å². The first-order valence-electron chi connectivity index (χ1n) is 8.58. The van der Waals surface area contributed by atoms with Crippen LogP contribution in [0.3, 0.4) is 0 Å². The molecule has 0 amide bonds. The first kappa shape index (κ1) is 15.2. The van der Waals surface area contributed by atoms with Gasteiger partial charge in [-0.2, -0.15) is 0 Å². The van der Waals surface area contributed by atoms with Crippen LogP contribution in [0, 0.1) is 0 Å². The van der Waals surface area contributed by atoms with E-state index < -0.39 is 0 Å². The number of carbonyl (C=O) groups excluding carboxylic acids is 1. The fourth-order valence-electron chi connectivity index (χ4n) is 3.58. The van der Waals surface area contributed by atoms with Crippen LogP contribution in [-0.2, 0) is 0 Å². The molecule has 24 heavy (non-hydrogen) atoms. The Kier molecular flexibility index (Phi) is 3.98. The molecule has 0 saturated carbocycles. The van der Waals surface area contributed by atoms with Gasteiger partial charge in [-0.3, -0.25) is 4.79 Å². The lowest BCUT2D eigenvalue weighted by Crippen LogP contribution is -2.51. The molecule has 0 radical (unpaired) electrons. The predicted octanol–water partition coefficient (Wildman–Crippen LogP) is 3.12. The lowest BCUT2D eigenvalue weighted by atomic mass is 10.0. The molecule has 4 nitrogen and oxygen atoms in total. The molecule has 2 aromatic carbocycles. The Bertz CT molecular complexity index is 755. The number of nitrogens with one attached hydrogen (secondary N) is 1. The highest BCUT2D eigenvalue weighted by atomic mass is 16.5. The molecule has 0 aliphatic carbocycles. The van der Waals surface area contributed by atoms with Gasteiger partial charge in [0, 0.05) is 37.7 Å². The van der Waals surface area contributed by atoms with Crippen molar-refractivity contribution in [2.24, 2.45) is 0 Å². The summed E-state index contributed by atoms with van der Waals surface area (Å²) < 4.78 is 6.04. The van der Waals surface area contributed by atoms with Gasteiger partial charge in [0.25, 0.3) is 0 Å². The molecule has 1 saturated heterocycles. The Morgan fingerprint density at radius 1 is 1.17 bits per heavy atom. The van der Waals surface area contributed by atoms with E-state index in [-0.39, 0.29) is 5.78 Å². The SMILES string of the molecule is CC(=O)c1ccc(-c2ccc3c(c2)OCC[C@H]2CNCCN32)cc1. The van der Waals surface area contributed by atoms with Crippen molar-refractivity contribution in [3.05, 3.63) is 48.0 Å². The van der Waals surface area contributed by atoms with Crippen LogP contribution in [0.15, 0.2) is 42.5 Å². The minimum Gasteiger partial charge on any atom is -0.491 e. The third kappa shape index (κ3) is 2.78. The Hall–Kier alpha value is -2.33. The molecule has 1 fully saturated rings. The van der Waals surface area contributed by atoms with E-state index in [1.54, 1.807) is 6.92 Å². The number of benzene rings is 2. The Balaban J connectivity index is 1.67. The normalized spacial score (nSPS) is 19.7. The van der Waals surface area contributed by atoms with Crippen molar-refractivity contribution in [3.63, 3.8) is 0 Å². The Labute approximate surface area is 142 Å². The minimum atomic E-state index is 0.0940. The van der Waals surface area contributed by atoms with E-state index in [0.29, 0.717) is 6.04 Å². The number of ether oxygens (including phenoxy) is 1. The number of anilines is 1. The van der Waals surface area contributed by atoms with Gasteiger partial charge in [-0.1, -0.05) is 30.3 Å². The molecule has 0 bridgehead atoms. The van der Waals surface area contributed by atoms with Crippen LogP contribution in [0.5, 0.6) is 5.75 Å². The standard InChI is InChI=1S/C20H22N2O2/c1-14(23)15-2-4-16(5-3-15)17-6-7-19-20(12-17)24-11-8-18-13-21-9-10-22(18)19/h2-7,12,18,21H,8-11,13H2,1H3/t18-/m0/s1. The van der Waals surface area contributed by atoms with E-state index in [4.69, 9.17) is 4.74 Å². The summed E-state index contributed by atoms with van der Waals surface area (Å²) in [6.45, 7) is 5.41. The van der Waals surface area contributed by atoms with Crippen molar-refractivity contribution < 1.29 is 9.53 Å². The van der Waals surface area contributed by atoms with E-state index in [1.165, 1.54) is 5.69 Å². The molecule has 4 heteroatoms. The van der Waals surface area contributed by atoms with E-state index in [2.05, 4.69) is 28.4 Å². The summed E-state index contributed by atoms with van der Waals surface area (Å²) in [4.78, 5) is 13.9. The highest BCUT2D eigenvalue weighted by Crippen LogP contribution is 2.37. The second-order valence-corrected chi connectivity index (χ2v) is 6.50. The number of ketones is 1. The Morgan fingerprint density at radius 2 is 1.96 bits per heavy atom. The van der Waals surface area contributed by atoms with Gasteiger partial charge in [-0.15, -0.1) is 0 Å². The zero-order valence-corrected chi connectivity index (χ0v) is 13.9. The first-order chi connectivity index (χ1) is 11.7. The molecule has 2 aliphatic heterocycles. The smallest absolute Gasteiger partial charge is 0.159 e. The van der Waals surface area contributed by atoms with E-state index in [1.807, 2.05) is 24.3 Å². The number of carbonyl (C=O) groups is 1. The summed E-state index contributed by atoms with van der Waals surface area (Å²) in [5, 5.41) is 3.47. The van der Waals surface area contributed by atoms with Gasteiger partial charge in [0.15, 0.2) is 5.78 Å². The third-order valence-corrected chi connectivity index (χ3v) is 4.95. The van der Waals surface area contributed by atoms with Crippen molar-refractivity contribution in [3.8, 4) is 16.9 Å². The molecule has 0 aromatic heterocycles. The predicted molar refractivity (Wildman–Crippen MR) is 96.0 cm³/mol. The summed E-state index contributed by atoms with van der Waals surface area (Å²) in [6.07, 6.45) is 1.05. The number of hydrogen-bond donors (Lipinski definition) is 1. The fraction of sp³-hybridized carbons (Fsp3) is 0.350. The van der Waals surface area contributed by atoms with Crippen molar-refractivity contribution >= 4 is 11.5 Å². The number of Topliss-reactive ketones (excluding diaryl/α,β-unsaturated/α-hetero) is 1. The van der Waals surface area contributed by atoms with Crippen molar-refractivity contribution in [1.29, 1.82) is 0 Å². The number of fused-ring (bicyclic) bond motifs is 3. The van der Waals surface area contributed by atoms with E-state index in [0.717, 1.165) is 55.1 Å². The van der Waals surface area contributed by atoms with Gasteiger partial charge in [-0.05, 0) is 30.2 Å². The summed E-state index contributed by atoms with van der Waals surface area (Å²) in [5.41, 5.74) is 4.17. The van der Waals surface area contributed by atoms with Crippen molar-refractivity contribution in [2.45, 2.75) is 19.4 Å². The van der Waals surface area contributed by atoms with Gasteiger partial charge in [0.05, 0.1) is 12.3 Å². The monoisotopic (exact) mass is 322 g/mol. The molecule has 0 unspecified atom stereocenters. The summed E-state index contributed by atoms with van der Waals surface area (Å²) in [7, 11) is 0. The van der Waals surface area contributed by atoms with Crippen LogP contribution in [-0.4, -0.2) is 38.1 Å². The van der Waals surface area contributed by atoms with Crippen molar-refractivity contribution in [1.82, 2.24) is 5.32 Å². The van der Waals surface area contributed by atoms with Crippen LogP contribution >= 0.6 is 0 Å². The van der Waals surface area contributed by atoms with Gasteiger partial charge in [0.1, 0.15) is 5.75 Å². The molecule has 1 atom stereocenters. The van der Waals surface area contributed by atoms with Gasteiger partial charge in [0.2, 0.25) is 0 Å². The summed E-state index contributed by atoms with van der Waals surface area (Å²) >= 11 is 0. The Morgan fingerprint density at radius 3 is 2.75 bits per heavy atom. The average molecular weight is 322 g/mol. The highest BCUT2D eigenvalue weighted by Gasteiger charge is 2.27. The molecule has 2 aliphatic rings. The van der Waals surface area contributed by atoms with Gasteiger partial charge < -0.3 is 15.0 Å². The zero-order valence-electron chi connectivity index (χ0n) is 13.9.